The van der Waals surface area contributed by atoms with Crippen LogP contribution in [-0.2, 0) is 25.0 Å². The van der Waals surface area contributed by atoms with Gasteiger partial charge in [-0.05, 0) is 0 Å². The molecule has 0 aromatic carbocycles. The van der Waals surface area contributed by atoms with Crippen LogP contribution in [0.4, 0.5) is 0 Å². The van der Waals surface area contributed by atoms with Crippen LogP contribution < -0.4 is 0 Å². The van der Waals surface area contributed by atoms with Crippen LogP contribution in [0.15, 0.2) is 45.6 Å². The van der Waals surface area contributed by atoms with E-state index in [0.717, 1.165) is 13.9 Å². The van der Waals surface area contributed by atoms with Crippen LogP contribution >= 0.6 is 0 Å². The Hall–Kier alpha value is -0.197. The molecule has 0 aromatic rings. The van der Waals surface area contributed by atoms with Crippen molar-refractivity contribution < 1.29 is 25.0 Å². The molecule has 0 saturated carbocycles. The minimum atomic E-state index is -2.05. The van der Waals surface area contributed by atoms with E-state index in [9.17, 15) is 0 Å². The molecule has 2 atom stereocenters. The molecule has 1 fully saturated rings. The first-order chi connectivity index (χ1) is 11.9. The van der Waals surface area contributed by atoms with Gasteiger partial charge in [0.1, 0.15) is 0 Å². The summed E-state index contributed by atoms with van der Waals surface area (Å²) in [5.74, 6) is 0. The average Bonchev–Trinajstić information content (AvgIpc) is 3.12. The molecule has 0 aromatic heterocycles. The van der Waals surface area contributed by atoms with Crippen LogP contribution in [-0.4, -0.2) is 6.61 Å². The predicted octanol–water partition coefficient (Wildman–Crippen LogP) is 6.55. The van der Waals surface area contributed by atoms with Crippen LogP contribution in [0.3, 0.4) is 0 Å². The zero-order chi connectivity index (χ0) is 16.1. The average molecular weight is 401 g/mol. The first-order valence-electron chi connectivity index (χ1n) is 10.2. The van der Waals surface area contributed by atoms with Gasteiger partial charge in [-0.3, -0.25) is 0 Å². The van der Waals surface area contributed by atoms with Crippen molar-refractivity contribution in [2.24, 2.45) is 0 Å². The fourth-order valence-corrected chi connectivity index (χ4v) is 14.6. The molecule has 1 nitrogen and oxygen atoms in total. The summed E-state index contributed by atoms with van der Waals surface area (Å²) in [6.07, 6.45) is 19.0. The Morgan fingerprint density at radius 1 is 0.792 bits per heavy atom. The molecule has 5 rings (SSSR count). The van der Waals surface area contributed by atoms with E-state index in [-0.39, 0.29) is 0 Å². The summed E-state index contributed by atoms with van der Waals surface area (Å²) in [6, 6.07) is 0. The predicted molar refractivity (Wildman–Crippen MR) is 95.5 cm³/mol. The van der Waals surface area contributed by atoms with Crippen molar-refractivity contribution in [1.82, 2.24) is 0 Å². The molecule has 1 saturated heterocycles. The topological polar surface area (TPSA) is 9.23 Å². The molecule has 0 spiro atoms. The van der Waals surface area contributed by atoms with Crippen LogP contribution in [0.1, 0.15) is 71.1 Å². The van der Waals surface area contributed by atoms with Gasteiger partial charge in [0.25, 0.3) is 0 Å². The second-order valence-electron chi connectivity index (χ2n) is 8.16. The van der Waals surface area contributed by atoms with Gasteiger partial charge in [-0.2, -0.15) is 0 Å². The van der Waals surface area contributed by atoms with Gasteiger partial charge in [0, 0.05) is 0 Å². The van der Waals surface area contributed by atoms with Crippen LogP contribution in [0.2, 0.25) is 7.25 Å². The molecule has 5 aliphatic rings. The number of rotatable bonds is 2. The summed E-state index contributed by atoms with van der Waals surface area (Å²) in [6.45, 7) is 3.18. The second-order valence-corrected chi connectivity index (χ2v) is 13.7. The quantitative estimate of drug-likeness (QED) is 0.511. The maximum atomic E-state index is 6.74. The third kappa shape index (κ3) is 2.47. The molecule has 24 heavy (non-hydrogen) atoms. The number of hydrogen-bond acceptors (Lipinski definition) is 1. The van der Waals surface area contributed by atoms with Gasteiger partial charge < -0.3 is 0 Å². The number of hydrogen-bond donors (Lipinski definition) is 0. The van der Waals surface area contributed by atoms with E-state index in [4.69, 9.17) is 2.81 Å². The van der Waals surface area contributed by atoms with Crippen molar-refractivity contribution in [3.05, 3.63) is 45.6 Å². The molecule has 0 N–H and O–H groups in total. The first kappa shape index (κ1) is 16.0. The molecular formula is C22H29OZr. The molecule has 1 aliphatic heterocycles. The van der Waals surface area contributed by atoms with Gasteiger partial charge in [0.15, 0.2) is 0 Å². The molecule has 127 valence electrons. The third-order valence-electron chi connectivity index (χ3n) is 6.85. The van der Waals surface area contributed by atoms with E-state index >= 15 is 0 Å². The van der Waals surface area contributed by atoms with E-state index in [2.05, 4.69) is 19.1 Å². The summed E-state index contributed by atoms with van der Waals surface area (Å²) in [5.41, 5.74) is 10.8. The van der Waals surface area contributed by atoms with Crippen molar-refractivity contribution >= 4 is 0 Å². The Kier molecular flexibility index (Phi) is 4.34. The van der Waals surface area contributed by atoms with Crippen molar-refractivity contribution in [2.45, 2.75) is 78.4 Å². The molecule has 0 amide bonds. The Morgan fingerprint density at radius 2 is 1.29 bits per heavy atom. The van der Waals surface area contributed by atoms with E-state index in [0.29, 0.717) is 0 Å². The van der Waals surface area contributed by atoms with E-state index < -0.39 is 22.2 Å². The van der Waals surface area contributed by atoms with E-state index in [1.165, 1.54) is 64.2 Å². The molecule has 2 unspecified atom stereocenters. The Labute approximate surface area is 155 Å². The van der Waals surface area contributed by atoms with Gasteiger partial charge in [0.2, 0.25) is 0 Å². The Morgan fingerprint density at radius 3 is 1.79 bits per heavy atom. The Bertz CT molecular complexity index is 622. The summed E-state index contributed by atoms with van der Waals surface area (Å²) in [5, 5.41) is 0. The molecular weight excluding hydrogens is 371 g/mol. The van der Waals surface area contributed by atoms with Gasteiger partial charge in [0.05, 0.1) is 0 Å². The fraction of sp³-hybridized carbons (Fsp3) is 0.636. The van der Waals surface area contributed by atoms with Crippen molar-refractivity contribution in [2.75, 3.05) is 6.61 Å². The van der Waals surface area contributed by atoms with Gasteiger partial charge in [-0.15, -0.1) is 0 Å². The van der Waals surface area contributed by atoms with Crippen molar-refractivity contribution in [3.63, 3.8) is 0 Å². The second kappa shape index (κ2) is 6.51. The summed E-state index contributed by atoms with van der Waals surface area (Å²) in [7, 11) is 0. The molecule has 0 bridgehead atoms. The number of allylic oxidation sites excluding steroid dienone is 8. The Balaban J connectivity index is 1.57. The summed E-state index contributed by atoms with van der Waals surface area (Å²) in [4.78, 5) is 0. The normalized spacial score (nSPS) is 32.0. The van der Waals surface area contributed by atoms with Crippen molar-refractivity contribution in [1.29, 1.82) is 0 Å². The molecule has 1 heterocycles. The maximum absolute atomic E-state index is 6.74. The monoisotopic (exact) mass is 399 g/mol. The summed E-state index contributed by atoms with van der Waals surface area (Å²) < 4.78 is 8.33. The van der Waals surface area contributed by atoms with Crippen molar-refractivity contribution in [3.8, 4) is 0 Å². The van der Waals surface area contributed by atoms with E-state index in [1.54, 1.807) is 22.3 Å². The zero-order valence-electron chi connectivity index (χ0n) is 15.0. The van der Waals surface area contributed by atoms with E-state index in [1.807, 2.05) is 11.1 Å². The standard InChI is InChI=1S/C20H24.C2H5O.Zr/c1-2-6-18-12-15(11-17(18)5-1)9-10-16-13-19-7-3-4-8-20(19)14-16;1-2-3;/h11-14H,1-10H2;2H2,1H3;/q;-1;+1. The first-order valence-corrected chi connectivity index (χ1v) is 14.0. The minimum absolute atomic E-state index is 0.798. The van der Waals surface area contributed by atoms with Gasteiger partial charge in [-0.1, -0.05) is 0 Å². The molecule has 2 heteroatoms. The van der Waals surface area contributed by atoms with Crippen LogP contribution in [0.5, 0.6) is 0 Å². The SMILES string of the molecule is CC[O][Zr]1[CH]2C(=CC3=C2CCCC3)CCC2=CC3=C(CCCC3)[CH]21. The van der Waals surface area contributed by atoms with Crippen LogP contribution in [0, 0.1) is 0 Å². The van der Waals surface area contributed by atoms with Crippen LogP contribution in [0.25, 0.3) is 0 Å². The summed E-state index contributed by atoms with van der Waals surface area (Å²) >= 11 is -2.05. The van der Waals surface area contributed by atoms with Gasteiger partial charge in [-0.25, -0.2) is 0 Å². The fourth-order valence-electron chi connectivity index (χ4n) is 5.89. The molecule has 0 radical (unpaired) electrons. The molecule has 4 aliphatic carbocycles. The zero-order valence-corrected chi connectivity index (χ0v) is 17.5. The van der Waals surface area contributed by atoms with Gasteiger partial charge >= 0.3 is 156 Å². The number of fused-ring (bicyclic) bond motifs is 4. The third-order valence-corrected chi connectivity index (χ3v) is 14.7.